The van der Waals surface area contributed by atoms with Gasteiger partial charge in [-0.05, 0) is 103 Å². The standard InChI is InChI=1S/C54H35NO/c1-3-14-36(15-4-1)38-26-30-40(31-27-38)55(41-32-28-39(29-33-41)37-16-5-2-6-17-37)49-24-11-9-18-42(49)43-22-13-23-45-47-34-35-51-54(48-21-10-12-25-50(48)56-51)53(47)46-20-8-7-19-44(46)52(43)45/h1-35H. The third kappa shape index (κ3) is 5.19. The number of anilines is 3. The highest BCUT2D eigenvalue weighted by atomic mass is 16.3. The van der Waals surface area contributed by atoms with Gasteiger partial charge < -0.3 is 9.32 Å². The van der Waals surface area contributed by atoms with Crippen LogP contribution in [0.4, 0.5) is 17.1 Å². The number of hydrogen-bond donors (Lipinski definition) is 0. The zero-order valence-electron chi connectivity index (χ0n) is 30.6. The maximum Gasteiger partial charge on any atom is 0.136 e. The summed E-state index contributed by atoms with van der Waals surface area (Å²) in [4.78, 5) is 2.40. The van der Waals surface area contributed by atoms with Gasteiger partial charge in [-0.3, -0.25) is 0 Å². The molecule has 2 nitrogen and oxygen atoms in total. The van der Waals surface area contributed by atoms with Crippen molar-refractivity contribution in [3.05, 3.63) is 212 Å². The molecular formula is C54H35NO. The van der Waals surface area contributed by atoms with Gasteiger partial charge in [-0.2, -0.15) is 0 Å². The van der Waals surface area contributed by atoms with E-state index in [1.807, 2.05) is 6.07 Å². The summed E-state index contributed by atoms with van der Waals surface area (Å²) >= 11 is 0. The van der Waals surface area contributed by atoms with E-state index < -0.39 is 0 Å². The lowest BCUT2D eigenvalue weighted by Gasteiger charge is -2.29. The minimum absolute atomic E-state index is 0.913. The molecule has 0 amide bonds. The minimum Gasteiger partial charge on any atom is -0.456 e. The first-order chi connectivity index (χ1) is 27.8. The molecule has 11 aromatic rings. The lowest BCUT2D eigenvalue weighted by atomic mass is 9.87. The van der Waals surface area contributed by atoms with Crippen LogP contribution in [0.5, 0.6) is 0 Å². The summed E-state index contributed by atoms with van der Waals surface area (Å²) in [7, 11) is 0. The molecular weight excluding hydrogens is 679 g/mol. The van der Waals surface area contributed by atoms with Crippen molar-refractivity contribution in [3.63, 3.8) is 0 Å². The van der Waals surface area contributed by atoms with E-state index in [9.17, 15) is 0 Å². The predicted molar refractivity (Wildman–Crippen MR) is 237 cm³/mol. The molecule has 0 aliphatic heterocycles. The van der Waals surface area contributed by atoms with Crippen LogP contribution in [0.3, 0.4) is 0 Å². The smallest absolute Gasteiger partial charge is 0.136 e. The molecule has 0 aliphatic rings. The van der Waals surface area contributed by atoms with Gasteiger partial charge in [-0.15, -0.1) is 0 Å². The van der Waals surface area contributed by atoms with E-state index in [0.717, 1.165) is 39.2 Å². The van der Waals surface area contributed by atoms with Crippen LogP contribution in [0, 0.1) is 0 Å². The molecule has 0 aliphatic carbocycles. The second kappa shape index (κ2) is 13.2. The van der Waals surface area contributed by atoms with Gasteiger partial charge in [0.1, 0.15) is 11.2 Å². The molecule has 10 aromatic carbocycles. The van der Waals surface area contributed by atoms with Crippen molar-refractivity contribution in [1.29, 1.82) is 0 Å². The fraction of sp³-hybridized carbons (Fsp3) is 0. The number of fused-ring (bicyclic) bond motifs is 10. The van der Waals surface area contributed by atoms with Gasteiger partial charge in [0, 0.05) is 33.1 Å². The van der Waals surface area contributed by atoms with E-state index in [0.29, 0.717) is 0 Å². The molecule has 0 unspecified atom stereocenters. The van der Waals surface area contributed by atoms with Crippen LogP contribution in [-0.2, 0) is 0 Å². The summed E-state index contributed by atoms with van der Waals surface area (Å²) in [6.45, 7) is 0. The minimum atomic E-state index is 0.913. The molecule has 1 aromatic heterocycles. The second-order valence-electron chi connectivity index (χ2n) is 14.4. The number of furan rings is 1. The van der Waals surface area contributed by atoms with E-state index in [1.54, 1.807) is 0 Å². The Bertz CT molecular complexity index is 3100. The zero-order valence-corrected chi connectivity index (χ0v) is 30.6. The van der Waals surface area contributed by atoms with E-state index in [4.69, 9.17) is 4.42 Å². The Morgan fingerprint density at radius 2 is 0.732 bits per heavy atom. The molecule has 0 atom stereocenters. The van der Waals surface area contributed by atoms with Crippen molar-refractivity contribution in [2.24, 2.45) is 0 Å². The third-order valence-electron chi connectivity index (χ3n) is 11.3. The zero-order chi connectivity index (χ0) is 37.0. The molecule has 0 fully saturated rings. The van der Waals surface area contributed by atoms with E-state index in [-0.39, 0.29) is 0 Å². The van der Waals surface area contributed by atoms with Crippen LogP contribution in [0.25, 0.3) is 87.6 Å². The van der Waals surface area contributed by atoms with Gasteiger partial charge in [0.2, 0.25) is 0 Å². The number of para-hydroxylation sites is 2. The summed E-state index contributed by atoms with van der Waals surface area (Å²) in [6.07, 6.45) is 0. The van der Waals surface area contributed by atoms with Crippen LogP contribution < -0.4 is 4.90 Å². The molecule has 0 N–H and O–H groups in total. The first kappa shape index (κ1) is 32.0. The molecule has 56 heavy (non-hydrogen) atoms. The Hall–Kier alpha value is -7.42. The van der Waals surface area contributed by atoms with Crippen molar-refractivity contribution in [2.75, 3.05) is 4.90 Å². The van der Waals surface area contributed by atoms with Crippen LogP contribution >= 0.6 is 0 Å². The van der Waals surface area contributed by atoms with Crippen molar-refractivity contribution in [3.8, 4) is 33.4 Å². The highest BCUT2D eigenvalue weighted by Gasteiger charge is 2.22. The Balaban J connectivity index is 1.15. The van der Waals surface area contributed by atoms with Gasteiger partial charge >= 0.3 is 0 Å². The van der Waals surface area contributed by atoms with Crippen molar-refractivity contribution >= 4 is 71.3 Å². The summed E-state index contributed by atoms with van der Waals surface area (Å²) in [5.41, 5.74) is 12.3. The molecule has 2 heteroatoms. The number of benzene rings is 10. The Morgan fingerprint density at radius 1 is 0.268 bits per heavy atom. The fourth-order valence-corrected chi connectivity index (χ4v) is 8.72. The summed E-state index contributed by atoms with van der Waals surface area (Å²) in [5.74, 6) is 0. The van der Waals surface area contributed by atoms with Gasteiger partial charge in [-0.1, -0.05) is 164 Å². The normalized spacial score (nSPS) is 11.6. The first-order valence-electron chi connectivity index (χ1n) is 19.2. The molecule has 1 heterocycles. The third-order valence-corrected chi connectivity index (χ3v) is 11.3. The van der Waals surface area contributed by atoms with Crippen molar-refractivity contribution in [1.82, 2.24) is 0 Å². The summed E-state index contributed by atoms with van der Waals surface area (Å²) in [6, 6.07) is 76.4. The molecule has 0 saturated heterocycles. The fourth-order valence-electron chi connectivity index (χ4n) is 8.72. The number of hydrogen-bond acceptors (Lipinski definition) is 2. The second-order valence-corrected chi connectivity index (χ2v) is 14.4. The van der Waals surface area contributed by atoms with Crippen molar-refractivity contribution < 1.29 is 4.42 Å². The lowest BCUT2D eigenvalue weighted by Crippen LogP contribution is -2.11. The number of rotatable bonds is 6. The lowest BCUT2D eigenvalue weighted by molar-refractivity contribution is 0.669. The molecule has 0 radical (unpaired) electrons. The van der Waals surface area contributed by atoms with Crippen LogP contribution in [0.1, 0.15) is 0 Å². The Labute approximate surface area is 325 Å². The predicted octanol–water partition coefficient (Wildman–Crippen LogP) is 15.5. The Kier molecular flexibility index (Phi) is 7.53. The monoisotopic (exact) mass is 713 g/mol. The van der Waals surface area contributed by atoms with Gasteiger partial charge in [0.15, 0.2) is 0 Å². The molecule has 0 saturated carbocycles. The molecule has 11 rings (SSSR count). The maximum atomic E-state index is 6.40. The molecule has 0 bridgehead atoms. The highest BCUT2D eigenvalue weighted by Crippen LogP contribution is 2.48. The average molecular weight is 714 g/mol. The van der Waals surface area contributed by atoms with Gasteiger partial charge in [0.25, 0.3) is 0 Å². The van der Waals surface area contributed by atoms with Gasteiger partial charge in [-0.25, -0.2) is 0 Å². The summed E-state index contributed by atoms with van der Waals surface area (Å²) in [5, 5.41) is 9.70. The molecule has 262 valence electrons. The Morgan fingerprint density at radius 3 is 1.38 bits per heavy atom. The van der Waals surface area contributed by atoms with Gasteiger partial charge in [0.05, 0.1) is 5.69 Å². The quantitative estimate of drug-likeness (QED) is 0.160. The van der Waals surface area contributed by atoms with Crippen molar-refractivity contribution in [2.45, 2.75) is 0 Å². The maximum absolute atomic E-state index is 6.40. The van der Waals surface area contributed by atoms with E-state index in [2.05, 4.69) is 211 Å². The van der Waals surface area contributed by atoms with Crippen LogP contribution in [0.15, 0.2) is 217 Å². The largest absolute Gasteiger partial charge is 0.456 e. The van der Waals surface area contributed by atoms with E-state index >= 15 is 0 Å². The highest BCUT2D eigenvalue weighted by molar-refractivity contribution is 6.36. The SMILES string of the molecule is c1ccc(-c2ccc(N(c3ccc(-c4ccccc4)cc3)c3ccccc3-c3cccc4c5ccc6oc7ccccc7c6c5c5ccccc5c34)cc2)cc1. The van der Waals surface area contributed by atoms with Crippen LogP contribution in [0.2, 0.25) is 0 Å². The first-order valence-corrected chi connectivity index (χ1v) is 19.2. The number of nitrogens with zero attached hydrogens (tertiary/aromatic N) is 1. The van der Waals surface area contributed by atoms with E-state index in [1.165, 1.54) is 65.5 Å². The average Bonchev–Trinajstić information content (AvgIpc) is 3.67. The van der Waals surface area contributed by atoms with Crippen LogP contribution in [-0.4, -0.2) is 0 Å². The topological polar surface area (TPSA) is 16.4 Å². The molecule has 0 spiro atoms. The summed E-state index contributed by atoms with van der Waals surface area (Å²) < 4.78 is 6.40.